The van der Waals surface area contributed by atoms with E-state index in [1.165, 1.54) is 4.90 Å². The lowest BCUT2D eigenvalue weighted by Gasteiger charge is -2.21. The predicted molar refractivity (Wildman–Crippen MR) is 53.3 cm³/mol. The molecule has 1 fully saturated rings. The molecule has 5 nitrogen and oxygen atoms in total. The van der Waals surface area contributed by atoms with Crippen LogP contribution in [0.3, 0.4) is 0 Å². The maximum absolute atomic E-state index is 11.9. The summed E-state index contributed by atoms with van der Waals surface area (Å²) in [5, 5.41) is 20.2. The largest absolute Gasteiger partial charge is 0.316 e. The average Bonchev–Trinajstić information content (AvgIpc) is 2.63. The summed E-state index contributed by atoms with van der Waals surface area (Å²) in [6.45, 7) is 3.46. The van der Waals surface area contributed by atoms with Gasteiger partial charge in [-0.25, -0.2) is 0 Å². The summed E-state index contributed by atoms with van der Waals surface area (Å²) in [7, 11) is 0. The SMILES string of the molecule is C[C@@H]1CNC[C@H]1C(=O)N(CC#N)CC#N. The highest BCUT2D eigenvalue weighted by atomic mass is 16.2. The Kier molecular flexibility index (Phi) is 4.08. The summed E-state index contributed by atoms with van der Waals surface area (Å²) in [6.07, 6.45) is 0. The quantitative estimate of drug-likeness (QED) is 0.644. The van der Waals surface area contributed by atoms with E-state index in [-0.39, 0.29) is 30.8 Å². The summed E-state index contributed by atoms with van der Waals surface area (Å²) in [4.78, 5) is 13.2. The number of nitrogens with one attached hydrogen (secondary N) is 1. The summed E-state index contributed by atoms with van der Waals surface area (Å²) in [5.41, 5.74) is 0. The Bertz CT molecular complexity index is 298. The molecule has 0 saturated carbocycles. The molecule has 80 valence electrons. The van der Waals surface area contributed by atoms with E-state index in [4.69, 9.17) is 10.5 Å². The number of carbonyl (C=O) groups is 1. The van der Waals surface area contributed by atoms with Crippen LogP contribution in [0, 0.1) is 34.5 Å². The molecule has 1 saturated heterocycles. The van der Waals surface area contributed by atoms with Gasteiger partial charge in [0, 0.05) is 6.54 Å². The lowest BCUT2D eigenvalue weighted by molar-refractivity contribution is -0.134. The first-order valence-corrected chi connectivity index (χ1v) is 4.94. The van der Waals surface area contributed by atoms with Crippen LogP contribution >= 0.6 is 0 Å². The van der Waals surface area contributed by atoms with Gasteiger partial charge in [0.15, 0.2) is 0 Å². The van der Waals surface area contributed by atoms with Gasteiger partial charge >= 0.3 is 0 Å². The van der Waals surface area contributed by atoms with Gasteiger partial charge in [-0.15, -0.1) is 0 Å². The van der Waals surface area contributed by atoms with Crippen molar-refractivity contribution in [3.05, 3.63) is 0 Å². The Morgan fingerprint density at radius 2 is 2.00 bits per heavy atom. The second kappa shape index (κ2) is 5.33. The number of rotatable bonds is 3. The number of nitrogens with zero attached hydrogens (tertiary/aromatic N) is 3. The zero-order chi connectivity index (χ0) is 11.3. The van der Waals surface area contributed by atoms with Gasteiger partial charge in [-0.2, -0.15) is 10.5 Å². The Hall–Kier alpha value is -1.59. The minimum atomic E-state index is -0.0910. The molecular weight excluding hydrogens is 192 g/mol. The van der Waals surface area contributed by atoms with Crippen LogP contribution in [0.15, 0.2) is 0 Å². The Balaban J connectivity index is 2.64. The zero-order valence-corrected chi connectivity index (χ0v) is 8.73. The van der Waals surface area contributed by atoms with Gasteiger partial charge in [-0.3, -0.25) is 4.79 Å². The second-order valence-corrected chi connectivity index (χ2v) is 3.75. The summed E-state index contributed by atoms with van der Waals surface area (Å²) in [5.74, 6) is 0.0969. The fraction of sp³-hybridized carbons (Fsp3) is 0.700. The molecule has 1 rings (SSSR count). The Labute approximate surface area is 89.3 Å². The first-order chi connectivity index (χ1) is 7.20. The van der Waals surface area contributed by atoms with Gasteiger partial charge in [0.1, 0.15) is 13.1 Å². The highest BCUT2D eigenvalue weighted by Crippen LogP contribution is 2.18. The molecule has 0 unspecified atom stereocenters. The fourth-order valence-corrected chi connectivity index (χ4v) is 1.76. The lowest BCUT2D eigenvalue weighted by Crippen LogP contribution is -2.39. The van der Waals surface area contributed by atoms with Crippen LogP contribution in [-0.2, 0) is 4.79 Å². The van der Waals surface area contributed by atoms with Gasteiger partial charge < -0.3 is 10.2 Å². The minimum Gasteiger partial charge on any atom is -0.316 e. The van der Waals surface area contributed by atoms with Crippen molar-refractivity contribution >= 4 is 5.91 Å². The highest BCUT2D eigenvalue weighted by molar-refractivity contribution is 5.80. The Morgan fingerprint density at radius 1 is 1.40 bits per heavy atom. The number of amides is 1. The molecule has 0 bridgehead atoms. The molecule has 0 aliphatic carbocycles. The average molecular weight is 206 g/mol. The molecule has 15 heavy (non-hydrogen) atoms. The van der Waals surface area contributed by atoms with Crippen molar-refractivity contribution in [1.29, 1.82) is 10.5 Å². The molecule has 0 aromatic carbocycles. The van der Waals surface area contributed by atoms with E-state index in [9.17, 15) is 4.79 Å². The van der Waals surface area contributed by atoms with Crippen molar-refractivity contribution < 1.29 is 4.79 Å². The van der Waals surface area contributed by atoms with Crippen LogP contribution in [0.25, 0.3) is 0 Å². The van der Waals surface area contributed by atoms with Crippen LogP contribution in [0.2, 0.25) is 0 Å². The second-order valence-electron chi connectivity index (χ2n) is 3.75. The lowest BCUT2D eigenvalue weighted by atomic mass is 9.96. The maximum atomic E-state index is 11.9. The maximum Gasteiger partial charge on any atom is 0.228 e. The van der Waals surface area contributed by atoms with Gasteiger partial charge in [0.05, 0.1) is 18.1 Å². The summed E-state index contributed by atoms with van der Waals surface area (Å²) >= 11 is 0. The third kappa shape index (κ3) is 2.68. The van der Waals surface area contributed by atoms with Gasteiger partial charge in [0.2, 0.25) is 5.91 Å². The van der Waals surface area contributed by atoms with Gasteiger partial charge in [-0.1, -0.05) is 6.92 Å². The molecule has 1 aliphatic rings. The van der Waals surface area contributed by atoms with Gasteiger partial charge in [-0.05, 0) is 12.5 Å². The van der Waals surface area contributed by atoms with E-state index in [1.54, 1.807) is 0 Å². The van der Waals surface area contributed by atoms with E-state index in [2.05, 4.69) is 5.32 Å². The van der Waals surface area contributed by atoms with Crippen LogP contribution in [-0.4, -0.2) is 37.0 Å². The monoisotopic (exact) mass is 206 g/mol. The Morgan fingerprint density at radius 3 is 2.40 bits per heavy atom. The van der Waals surface area contributed by atoms with Crippen molar-refractivity contribution in [2.24, 2.45) is 11.8 Å². The number of hydrogen-bond donors (Lipinski definition) is 1. The van der Waals surface area contributed by atoms with Crippen molar-refractivity contribution in [2.75, 3.05) is 26.2 Å². The first kappa shape index (κ1) is 11.5. The fourth-order valence-electron chi connectivity index (χ4n) is 1.76. The molecule has 1 N–H and O–H groups in total. The van der Waals surface area contributed by atoms with E-state index in [0.717, 1.165) is 6.54 Å². The third-order valence-corrected chi connectivity index (χ3v) is 2.67. The molecule has 1 heterocycles. The van der Waals surface area contributed by atoms with Crippen molar-refractivity contribution in [1.82, 2.24) is 10.2 Å². The number of nitriles is 2. The molecular formula is C10H14N4O. The molecule has 0 aromatic rings. The molecule has 1 aliphatic heterocycles. The zero-order valence-electron chi connectivity index (χ0n) is 8.73. The topological polar surface area (TPSA) is 79.9 Å². The molecule has 0 aromatic heterocycles. The molecule has 1 amide bonds. The van der Waals surface area contributed by atoms with Crippen LogP contribution in [0.1, 0.15) is 6.92 Å². The van der Waals surface area contributed by atoms with E-state index < -0.39 is 0 Å². The normalized spacial score (nSPS) is 24.2. The van der Waals surface area contributed by atoms with Gasteiger partial charge in [0.25, 0.3) is 0 Å². The first-order valence-electron chi connectivity index (χ1n) is 4.94. The minimum absolute atomic E-state index is 0.00435. The van der Waals surface area contributed by atoms with E-state index in [0.29, 0.717) is 6.54 Å². The number of carbonyl (C=O) groups excluding carboxylic acids is 1. The highest BCUT2D eigenvalue weighted by Gasteiger charge is 2.32. The summed E-state index contributed by atoms with van der Waals surface area (Å²) in [6, 6.07) is 3.81. The number of hydrogen-bond acceptors (Lipinski definition) is 4. The standard InChI is InChI=1S/C10H14N4O/c1-8-6-13-7-9(8)10(15)14(4-2-11)5-3-12/h8-9,13H,4-7H2,1H3/t8-,9-/m1/s1. The van der Waals surface area contributed by atoms with Crippen molar-refractivity contribution in [3.63, 3.8) is 0 Å². The van der Waals surface area contributed by atoms with Crippen LogP contribution < -0.4 is 5.32 Å². The third-order valence-electron chi connectivity index (χ3n) is 2.67. The van der Waals surface area contributed by atoms with E-state index in [1.807, 2.05) is 19.1 Å². The van der Waals surface area contributed by atoms with Crippen molar-refractivity contribution in [2.45, 2.75) is 6.92 Å². The van der Waals surface area contributed by atoms with E-state index >= 15 is 0 Å². The predicted octanol–water partition coefficient (Wildman–Crippen LogP) is -0.282. The molecule has 5 heteroatoms. The van der Waals surface area contributed by atoms with Crippen LogP contribution in [0.5, 0.6) is 0 Å². The summed E-state index contributed by atoms with van der Waals surface area (Å²) < 4.78 is 0. The molecule has 2 atom stereocenters. The smallest absolute Gasteiger partial charge is 0.228 e. The van der Waals surface area contributed by atoms with Crippen molar-refractivity contribution in [3.8, 4) is 12.1 Å². The molecule has 0 spiro atoms. The van der Waals surface area contributed by atoms with Crippen LogP contribution in [0.4, 0.5) is 0 Å². The molecule has 0 radical (unpaired) electrons.